The van der Waals surface area contributed by atoms with E-state index in [4.69, 9.17) is 0 Å². The number of amides is 2. The Labute approximate surface area is 131 Å². The largest absolute Gasteiger partial charge is 0.480 e. The second-order valence-corrected chi connectivity index (χ2v) is 8.23. The molecule has 1 heterocycles. The van der Waals surface area contributed by atoms with Crippen molar-refractivity contribution in [2.24, 2.45) is 22.7 Å². The monoisotopic (exact) mass is 310 g/mol. The van der Waals surface area contributed by atoms with Crippen LogP contribution in [-0.4, -0.2) is 46.4 Å². The first-order chi connectivity index (χ1) is 9.89. The van der Waals surface area contributed by atoms with Gasteiger partial charge in [-0.1, -0.05) is 34.6 Å². The molecule has 2 aliphatic rings. The van der Waals surface area contributed by atoms with Crippen LogP contribution in [0, 0.1) is 22.7 Å². The number of carboxylic acid groups (broad SMARTS) is 1. The summed E-state index contributed by atoms with van der Waals surface area (Å²) in [5.74, 6) is -1.30. The third-order valence-corrected chi connectivity index (χ3v) is 5.21. The number of piperidine rings is 1. The van der Waals surface area contributed by atoms with Crippen LogP contribution in [0.2, 0.25) is 0 Å². The highest BCUT2D eigenvalue weighted by Crippen LogP contribution is 2.64. The van der Waals surface area contributed by atoms with Gasteiger partial charge in [0, 0.05) is 19.4 Å². The van der Waals surface area contributed by atoms with Crippen molar-refractivity contribution in [1.82, 2.24) is 10.2 Å². The standard InChI is InChI=1S/C16H26N2O4/c1-8(19)17-12(15(2,3)4)13(20)18-7-9-10(16(9,5)6)11(18)14(21)22/h9-12H,7H2,1-6H3,(H,17,19)(H,21,22)/t9-,10-,11-,12?/m0/s1. The molecule has 0 spiro atoms. The Morgan fingerprint density at radius 3 is 2.23 bits per heavy atom. The maximum Gasteiger partial charge on any atom is 0.326 e. The fourth-order valence-corrected chi connectivity index (χ4v) is 3.81. The fraction of sp³-hybridized carbons (Fsp3) is 0.812. The van der Waals surface area contributed by atoms with Crippen LogP contribution >= 0.6 is 0 Å². The number of hydrogen-bond donors (Lipinski definition) is 2. The van der Waals surface area contributed by atoms with E-state index in [1.165, 1.54) is 11.8 Å². The molecule has 124 valence electrons. The molecule has 6 heteroatoms. The molecule has 22 heavy (non-hydrogen) atoms. The molecule has 1 aliphatic heterocycles. The summed E-state index contributed by atoms with van der Waals surface area (Å²) in [6.07, 6.45) is 0. The van der Waals surface area contributed by atoms with Crippen molar-refractivity contribution in [1.29, 1.82) is 0 Å². The summed E-state index contributed by atoms with van der Waals surface area (Å²) in [6.45, 7) is 11.5. The first-order valence-electron chi connectivity index (χ1n) is 7.69. The number of carbonyl (C=O) groups is 3. The molecule has 2 N–H and O–H groups in total. The summed E-state index contributed by atoms with van der Waals surface area (Å²) in [7, 11) is 0. The van der Waals surface area contributed by atoms with Gasteiger partial charge in [0.05, 0.1) is 0 Å². The Bertz CT molecular complexity index is 521. The molecule has 1 saturated heterocycles. The van der Waals surface area contributed by atoms with Crippen molar-refractivity contribution in [3.63, 3.8) is 0 Å². The fourth-order valence-electron chi connectivity index (χ4n) is 3.81. The Morgan fingerprint density at radius 1 is 1.27 bits per heavy atom. The van der Waals surface area contributed by atoms with E-state index >= 15 is 0 Å². The summed E-state index contributed by atoms with van der Waals surface area (Å²) >= 11 is 0. The quantitative estimate of drug-likeness (QED) is 0.817. The van der Waals surface area contributed by atoms with Gasteiger partial charge in [0.1, 0.15) is 12.1 Å². The number of nitrogens with zero attached hydrogens (tertiary/aromatic N) is 1. The van der Waals surface area contributed by atoms with E-state index in [9.17, 15) is 19.5 Å². The zero-order valence-corrected chi connectivity index (χ0v) is 14.1. The minimum atomic E-state index is -0.957. The van der Waals surface area contributed by atoms with Crippen LogP contribution in [0.3, 0.4) is 0 Å². The first kappa shape index (κ1) is 16.8. The number of aliphatic carboxylic acids is 1. The second kappa shape index (κ2) is 4.96. The van der Waals surface area contributed by atoms with Crippen LogP contribution in [-0.2, 0) is 14.4 Å². The normalized spacial score (nSPS) is 30.5. The van der Waals surface area contributed by atoms with Gasteiger partial charge in [-0.2, -0.15) is 0 Å². The summed E-state index contributed by atoms with van der Waals surface area (Å²) in [5.41, 5.74) is -0.501. The lowest BCUT2D eigenvalue weighted by molar-refractivity contribution is -0.152. The number of carbonyl (C=O) groups excluding carboxylic acids is 2. The predicted molar refractivity (Wildman–Crippen MR) is 81.0 cm³/mol. The predicted octanol–water partition coefficient (Wildman–Crippen LogP) is 1.10. The van der Waals surface area contributed by atoms with Crippen LogP contribution in [0.25, 0.3) is 0 Å². The molecular formula is C16H26N2O4. The molecule has 0 aromatic rings. The van der Waals surface area contributed by atoms with Gasteiger partial charge in [0.2, 0.25) is 11.8 Å². The lowest BCUT2D eigenvalue weighted by atomic mass is 9.85. The van der Waals surface area contributed by atoms with E-state index in [1.54, 1.807) is 0 Å². The van der Waals surface area contributed by atoms with E-state index in [0.29, 0.717) is 6.54 Å². The van der Waals surface area contributed by atoms with Gasteiger partial charge in [-0.3, -0.25) is 9.59 Å². The van der Waals surface area contributed by atoms with E-state index in [-0.39, 0.29) is 29.1 Å². The maximum atomic E-state index is 12.9. The molecule has 0 aromatic carbocycles. The smallest absolute Gasteiger partial charge is 0.326 e. The minimum absolute atomic E-state index is 0.00639. The number of rotatable bonds is 3. The van der Waals surface area contributed by atoms with Crippen molar-refractivity contribution in [3.8, 4) is 0 Å². The Kier molecular flexibility index (Phi) is 3.78. The molecule has 0 aromatic heterocycles. The zero-order valence-electron chi connectivity index (χ0n) is 14.1. The molecule has 1 unspecified atom stereocenters. The van der Waals surface area contributed by atoms with Crippen molar-refractivity contribution in [2.45, 2.75) is 53.6 Å². The van der Waals surface area contributed by atoms with Gasteiger partial charge in [0.15, 0.2) is 0 Å². The molecule has 1 aliphatic carbocycles. The second-order valence-electron chi connectivity index (χ2n) is 8.23. The van der Waals surface area contributed by atoms with Crippen LogP contribution in [0.15, 0.2) is 0 Å². The summed E-state index contributed by atoms with van der Waals surface area (Å²) in [6, 6.07) is -1.50. The SMILES string of the molecule is CC(=O)NC(C(=O)N1C[C@H]2[C@@H]([C@H]1C(=O)O)C2(C)C)C(C)(C)C. The lowest BCUT2D eigenvalue weighted by Gasteiger charge is -2.36. The lowest BCUT2D eigenvalue weighted by Crippen LogP contribution is -2.57. The zero-order chi connectivity index (χ0) is 17.0. The van der Waals surface area contributed by atoms with Crippen LogP contribution < -0.4 is 5.32 Å². The molecular weight excluding hydrogens is 284 g/mol. The van der Waals surface area contributed by atoms with Crippen molar-refractivity contribution in [2.75, 3.05) is 6.54 Å². The van der Waals surface area contributed by atoms with E-state index in [0.717, 1.165) is 0 Å². The summed E-state index contributed by atoms with van der Waals surface area (Å²) < 4.78 is 0. The highest BCUT2D eigenvalue weighted by atomic mass is 16.4. The Balaban J connectivity index is 2.24. The van der Waals surface area contributed by atoms with Gasteiger partial charge in [-0.15, -0.1) is 0 Å². The van der Waals surface area contributed by atoms with Gasteiger partial charge in [-0.25, -0.2) is 4.79 Å². The van der Waals surface area contributed by atoms with E-state index in [2.05, 4.69) is 19.2 Å². The number of carboxylic acids is 1. The molecule has 2 rings (SSSR count). The third-order valence-electron chi connectivity index (χ3n) is 5.21. The molecule has 6 nitrogen and oxygen atoms in total. The van der Waals surface area contributed by atoms with Crippen LogP contribution in [0.1, 0.15) is 41.5 Å². The maximum absolute atomic E-state index is 12.9. The molecule has 2 fully saturated rings. The number of likely N-dealkylation sites (tertiary alicyclic amines) is 1. The average Bonchev–Trinajstić information content (AvgIpc) is 2.74. The first-order valence-corrected chi connectivity index (χ1v) is 7.69. The Morgan fingerprint density at radius 2 is 1.82 bits per heavy atom. The summed E-state index contributed by atoms with van der Waals surface area (Å²) in [5, 5.41) is 12.2. The molecule has 2 amide bonds. The molecule has 4 atom stereocenters. The number of nitrogens with one attached hydrogen (secondary N) is 1. The van der Waals surface area contributed by atoms with Crippen LogP contribution in [0.4, 0.5) is 0 Å². The van der Waals surface area contributed by atoms with E-state index < -0.39 is 23.5 Å². The summed E-state index contributed by atoms with van der Waals surface area (Å²) in [4.78, 5) is 37.4. The van der Waals surface area contributed by atoms with Gasteiger partial charge in [0.25, 0.3) is 0 Å². The minimum Gasteiger partial charge on any atom is -0.480 e. The van der Waals surface area contributed by atoms with Crippen molar-refractivity contribution >= 4 is 17.8 Å². The molecule has 0 bridgehead atoms. The van der Waals surface area contributed by atoms with Gasteiger partial charge < -0.3 is 15.3 Å². The molecule has 1 saturated carbocycles. The number of hydrogen-bond acceptors (Lipinski definition) is 3. The average molecular weight is 310 g/mol. The highest BCUT2D eigenvalue weighted by Gasteiger charge is 2.70. The number of fused-ring (bicyclic) bond motifs is 1. The van der Waals surface area contributed by atoms with Gasteiger partial charge in [-0.05, 0) is 16.7 Å². The highest BCUT2D eigenvalue weighted by molar-refractivity contribution is 5.91. The topological polar surface area (TPSA) is 86.7 Å². The molecule has 0 radical (unpaired) electrons. The van der Waals surface area contributed by atoms with E-state index in [1.807, 2.05) is 20.8 Å². The van der Waals surface area contributed by atoms with Crippen molar-refractivity contribution < 1.29 is 19.5 Å². The van der Waals surface area contributed by atoms with Gasteiger partial charge >= 0.3 is 5.97 Å². The third kappa shape index (κ3) is 2.59. The Hall–Kier alpha value is -1.59. The van der Waals surface area contributed by atoms with Crippen LogP contribution in [0.5, 0.6) is 0 Å². The van der Waals surface area contributed by atoms with Crippen molar-refractivity contribution in [3.05, 3.63) is 0 Å².